The van der Waals surface area contributed by atoms with Crippen LogP contribution in [0, 0.1) is 0 Å². The molecule has 0 radical (unpaired) electrons. The minimum Gasteiger partial charge on any atom is -0.497 e. The largest absolute Gasteiger partial charge is 0.497 e. The molecule has 146 valence electrons. The molecule has 0 aliphatic rings. The van der Waals surface area contributed by atoms with E-state index in [4.69, 9.17) is 16.3 Å². The van der Waals surface area contributed by atoms with Crippen molar-refractivity contribution in [1.82, 2.24) is 5.32 Å². The van der Waals surface area contributed by atoms with Crippen molar-refractivity contribution >= 4 is 33.2 Å². The van der Waals surface area contributed by atoms with E-state index in [0.29, 0.717) is 29.4 Å². The second-order valence-corrected chi connectivity index (χ2v) is 8.38. The van der Waals surface area contributed by atoms with E-state index in [1.54, 1.807) is 43.5 Å². The van der Waals surface area contributed by atoms with Crippen LogP contribution in [0.15, 0.2) is 48.5 Å². The summed E-state index contributed by atoms with van der Waals surface area (Å²) >= 11 is 5.83. The Morgan fingerprint density at radius 2 is 1.74 bits per heavy atom. The van der Waals surface area contributed by atoms with E-state index in [1.165, 1.54) is 4.31 Å². The lowest BCUT2D eigenvalue weighted by Gasteiger charge is -2.22. The highest BCUT2D eigenvalue weighted by Crippen LogP contribution is 2.22. The fourth-order valence-electron chi connectivity index (χ4n) is 2.51. The van der Waals surface area contributed by atoms with E-state index in [2.05, 4.69) is 5.32 Å². The lowest BCUT2D eigenvalue weighted by Crippen LogP contribution is -2.32. The maximum atomic E-state index is 12.1. The Morgan fingerprint density at radius 3 is 2.30 bits per heavy atom. The molecule has 0 fully saturated rings. The minimum absolute atomic E-state index is 0.131. The number of nitrogens with zero attached hydrogens (tertiary/aromatic N) is 1. The predicted molar refractivity (Wildman–Crippen MR) is 108 cm³/mol. The number of halogens is 1. The van der Waals surface area contributed by atoms with Gasteiger partial charge in [0.2, 0.25) is 15.9 Å². The summed E-state index contributed by atoms with van der Waals surface area (Å²) in [7, 11) is -1.90. The second-order valence-electron chi connectivity index (χ2n) is 6.04. The first-order chi connectivity index (χ1) is 12.8. The zero-order valence-electron chi connectivity index (χ0n) is 15.3. The van der Waals surface area contributed by atoms with E-state index in [0.717, 1.165) is 11.8 Å². The highest BCUT2D eigenvalue weighted by atomic mass is 35.5. The standard InChI is InChI=1S/C19H23ClN2O4S/c1-26-18-11-9-17(10-12-18)22(27(2,24)25)13-3-4-19(23)21-14-15-5-7-16(20)8-6-15/h5-12H,3-4,13-14H2,1-2H3,(H,21,23). The number of rotatable bonds is 9. The second kappa shape index (κ2) is 9.62. The van der Waals surface area contributed by atoms with Gasteiger partial charge in [-0.25, -0.2) is 8.42 Å². The van der Waals surface area contributed by atoms with Gasteiger partial charge in [0.05, 0.1) is 19.1 Å². The summed E-state index contributed by atoms with van der Waals surface area (Å²) in [4.78, 5) is 12.0. The Morgan fingerprint density at radius 1 is 1.11 bits per heavy atom. The first kappa shape index (κ1) is 21.1. The third-order valence-electron chi connectivity index (χ3n) is 3.93. The van der Waals surface area contributed by atoms with Crippen LogP contribution in [0.25, 0.3) is 0 Å². The Kier molecular flexibility index (Phi) is 7.50. The van der Waals surface area contributed by atoms with Crippen LogP contribution in [0.3, 0.4) is 0 Å². The van der Waals surface area contributed by atoms with Crippen LogP contribution in [-0.4, -0.2) is 34.2 Å². The van der Waals surface area contributed by atoms with Gasteiger partial charge >= 0.3 is 0 Å². The predicted octanol–water partition coefficient (Wildman–Crippen LogP) is 3.21. The molecule has 8 heteroatoms. The molecule has 0 bridgehead atoms. The van der Waals surface area contributed by atoms with Crippen molar-refractivity contribution in [2.75, 3.05) is 24.2 Å². The first-order valence-electron chi connectivity index (χ1n) is 8.42. The van der Waals surface area contributed by atoms with Gasteiger partial charge in [0.1, 0.15) is 5.75 Å². The van der Waals surface area contributed by atoms with Crippen LogP contribution in [0.4, 0.5) is 5.69 Å². The Labute approximate surface area is 165 Å². The molecule has 0 atom stereocenters. The molecule has 0 saturated carbocycles. The van der Waals surface area contributed by atoms with Gasteiger partial charge in [-0.05, 0) is 48.4 Å². The summed E-state index contributed by atoms with van der Waals surface area (Å²) in [6.45, 7) is 0.629. The number of anilines is 1. The van der Waals surface area contributed by atoms with Crippen LogP contribution in [0.5, 0.6) is 5.75 Å². The van der Waals surface area contributed by atoms with Gasteiger partial charge in [0.15, 0.2) is 0 Å². The molecular weight excluding hydrogens is 388 g/mol. The van der Waals surface area contributed by atoms with Gasteiger partial charge in [-0.3, -0.25) is 9.10 Å². The van der Waals surface area contributed by atoms with E-state index in [1.807, 2.05) is 12.1 Å². The molecule has 27 heavy (non-hydrogen) atoms. The summed E-state index contributed by atoms with van der Waals surface area (Å²) in [6, 6.07) is 14.0. The van der Waals surface area contributed by atoms with E-state index < -0.39 is 10.0 Å². The van der Waals surface area contributed by atoms with Crippen LogP contribution >= 0.6 is 11.6 Å². The number of nitrogens with one attached hydrogen (secondary N) is 1. The maximum absolute atomic E-state index is 12.1. The lowest BCUT2D eigenvalue weighted by atomic mass is 10.2. The van der Waals surface area contributed by atoms with Gasteiger partial charge in [-0.2, -0.15) is 0 Å². The average Bonchev–Trinajstić information content (AvgIpc) is 2.64. The molecule has 0 heterocycles. The number of sulfonamides is 1. The van der Waals surface area contributed by atoms with Crippen molar-refractivity contribution in [2.24, 2.45) is 0 Å². The number of carbonyl (C=O) groups excluding carboxylic acids is 1. The number of hydrogen-bond acceptors (Lipinski definition) is 4. The summed E-state index contributed by atoms with van der Waals surface area (Å²) in [5.41, 5.74) is 1.49. The Bertz CT molecular complexity index is 852. The van der Waals surface area contributed by atoms with Gasteiger partial charge in [0, 0.05) is 24.5 Å². The zero-order chi connectivity index (χ0) is 19.9. The minimum atomic E-state index is -3.45. The molecule has 2 aromatic carbocycles. The fourth-order valence-corrected chi connectivity index (χ4v) is 3.60. The molecule has 0 aliphatic carbocycles. The molecule has 0 unspecified atom stereocenters. The molecule has 0 aromatic heterocycles. The topological polar surface area (TPSA) is 75.7 Å². The molecular formula is C19H23ClN2O4S. The van der Waals surface area contributed by atoms with Crippen molar-refractivity contribution < 1.29 is 17.9 Å². The quantitative estimate of drug-likeness (QED) is 0.688. The highest BCUT2D eigenvalue weighted by Gasteiger charge is 2.17. The van der Waals surface area contributed by atoms with E-state index in [9.17, 15) is 13.2 Å². The van der Waals surface area contributed by atoms with Crippen molar-refractivity contribution in [1.29, 1.82) is 0 Å². The SMILES string of the molecule is COc1ccc(N(CCCC(=O)NCc2ccc(Cl)cc2)S(C)(=O)=O)cc1. The number of amides is 1. The molecule has 1 amide bonds. The third-order valence-corrected chi connectivity index (χ3v) is 5.37. The van der Waals surface area contributed by atoms with E-state index in [-0.39, 0.29) is 18.9 Å². The molecule has 1 N–H and O–H groups in total. The van der Waals surface area contributed by atoms with Crippen molar-refractivity contribution in [3.05, 3.63) is 59.1 Å². The Balaban J connectivity index is 1.87. The summed E-state index contributed by atoms with van der Waals surface area (Å²) in [6.07, 6.45) is 1.79. The van der Waals surface area contributed by atoms with Crippen LogP contribution in [0.2, 0.25) is 5.02 Å². The first-order valence-corrected chi connectivity index (χ1v) is 10.6. The van der Waals surface area contributed by atoms with Crippen LogP contribution < -0.4 is 14.4 Å². The molecule has 2 aromatic rings. The smallest absolute Gasteiger partial charge is 0.232 e. The summed E-state index contributed by atoms with van der Waals surface area (Å²) < 4.78 is 30.5. The normalized spacial score (nSPS) is 11.1. The number of benzene rings is 2. The summed E-state index contributed by atoms with van der Waals surface area (Å²) in [5.74, 6) is 0.516. The lowest BCUT2D eigenvalue weighted by molar-refractivity contribution is -0.121. The zero-order valence-corrected chi connectivity index (χ0v) is 16.9. The summed E-state index contributed by atoms with van der Waals surface area (Å²) in [5, 5.41) is 3.46. The Hall–Kier alpha value is -2.25. The average molecular weight is 411 g/mol. The molecule has 0 saturated heterocycles. The van der Waals surface area contributed by atoms with E-state index >= 15 is 0 Å². The third kappa shape index (κ3) is 6.77. The van der Waals surface area contributed by atoms with Gasteiger partial charge in [-0.1, -0.05) is 23.7 Å². The van der Waals surface area contributed by atoms with Gasteiger partial charge in [0.25, 0.3) is 0 Å². The monoisotopic (exact) mass is 410 g/mol. The highest BCUT2D eigenvalue weighted by molar-refractivity contribution is 7.92. The number of methoxy groups -OCH3 is 1. The maximum Gasteiger partial charge on any atom is 0.232 e. The van der Waals surface area contributed by atoms with Gasteiger partial charge < -0.3 is 10.1 Å². The fraction of sp³-hybridized carbons (Fsp3) is 0.316. The molecule has 0 aliphatic heterocycles. The number of ether oxygens (including phenoxy) is 1. The molecule has 0 spiro atoms. The van der Waals surface area contributed by atoms with Crippen molar-refractivity contribution in [3.8, 4) is 5.75 Å². The van der Waals surface area contributed by atoms with Gasteiger partial charge in [-0.15, -0.1) is 0 Å². The molecule has 2 rings (SSSR count). The van der Waals surface area contributed by atoms with Crippen molar-refractivity contribution in [3.63, 3.8) is 0 Å². The number of carbonyl (C=O) groups is 1. The molecule has 6 nitrogen and oxygen atoms in total. The van der Waals surface area contributed by atoms with Crippen LogP contribution in [0.1, 0.15) is 18.4 Å². The van der Waals surface area contributed by atoms with Crippen LogP contribution in [-0.2, 0) is 21.4 Å². The van der Waals surface area contributed by atoms with Crippen molar-refractivity contribution in [2.45, 2.75) is 19.4 Å². The number of hydrogen-bond donors (Lipinski definition) is 1.